The van der Waals surface area contributed by atoms with Gasteiger partial charge < -0.3 is 10.4 Å². The fourth-order valence-corrected chi connectivity index (χ4v) is 2.31. The molecule has 20 heavy (non-hydrogen) atoms. The summed E-state index contributed by atoms with van der Waals surface area (Å²) in [5, 5.41) is 12.1. The third-order valence-electron chi connectivity index (χ3n) is 3.71. The standard InChI is InChI=1S/C14H18Cl2FNO2/c1-3-14(4-2,8-19)7-18-13(20)9-5-12(17)11(16)6-10(9)15/h5-6,19H,3-4,7-8H2,1-2H3,(H,18,20). The predicted molar refractivity (Wildman–Crippen MR) is 78.9 cm³/mol. The highest BCUT2D eigenvalue weighted by atomic mass is 35.5. The second kappa shape index (κ2) is 7.25. The molecule has 0 aliphatic rings. The molecule has 1 aromatic rings. The first-order chi connectivity index (χ1) is 9.39. The van der Waals surface area contributed by atoms with Crippen molar-refractivity contribution in [1.82, 2.24) is 5.32 Å². The lowest BCUT2D eigenvalue weighted by molar-refractivity contribution is 0.0851. The van der Waals surface area contributed by atoms with Crippen LogP contribution in [0.25, 0.3) is 0 Å². The number of rotatable bonds is 6. The zero-order valence-corrected chi connectivity index (χ0v) is 13.0. The van der Waals surface area contributed by atoms with Gasteiger partial charge in [-0.2, -0.15) is 0 Å². The molecule has 0 heterocycles. The molecular formula is C14H18Cl2FNO2. The van der Waals surface area contributed by atoms with Gasteiger partial charge in [-0.05, 0) is 25.0 Å². The van der Waals surface area contributed by atoms with Gasteiger partial charge in [0.2, 0.25) is 0 Å². The average molecular weight is 322 g/mol. The molecule has 0 aliphatic heterocycles. The van der Waals surface area contributed by atoms with Crippen LogP contribution in [0.5, 0.6) is 0 Å². The molecule has 1 aromatic carbocycles. The molecule has 6 heteroatoms. The normalized spacial score (nSPS) is 11.5. The number of hydrogen-bond acceptors (Lipinski definition) is 2. The zero-order valence-electron chi connectivity index (χ0n) is 11.5. The molecule has 0 radical (unpaired) electrons. The van der Waals surface area contributed by atoms with E-state index in [-0.39, 0.29) is 27.6 Å². The van der Waals surface area contributed by atoms with E-state index in [1.807, 2.05) is 13.8 Å². The maximum atomic E-state index is 13.4. The number of carbonyl (C=O) groups is 1. The summed E-state index contributed by atoms with van der Waals surface area (Å²) in [5.74, 6) is -1.18. The minimum absolute atomic E-state index is 0.0248. The van der Waals surface area contributed by atoms with Crippen molar-refractivity contribution in [3.63, 3.8) is 0 Å². The molecule has 0 saturated carbocycles. The van der Waals surface area contributed by atoms with Crippen LogP contribution < -0.4 is 5.32 Å². The summed E-state index contributed by atoms with van der Waals surface area (Å²) < 4.78 is 13.4. The lowest BCUT2D eigenvalue weighted by Crippen LogP contribution is -2.39. The Labute approximate surface area is 128 Å². The summed E-state index contributed by atoms with van der Waals surface area (Å²) >= 11 is 11.5. The van der Waals surface area contributed by atoms with Gasteiger partial charge in [0.1, 0.15) is 5.82 Å². The summed E-state index contributed by atoms with van der Waals surface area (Å²) in [6.07, 6.45) is 1.45. The van der Waals surface area contributed by atoms with E-state index < -0.39 is 11.7 Å². The SMILES string of the molecule is CCC(CC)(CO)CNC(=O)c1cc(F)c(Cl)cc1Cl. The Bertz CT molecular complexity index is 482. The first kappa shape index (κ1) is 17.2. The monoisotopic (exact) mass is 321 g/mol. The molecular weight excluding hydrogens is 304 g/mol. The largest absolute Gasteiger partial charge is 0.396 e. The molecule has 0 atom stereocenters. The Balaban J connectivity index is 2.85. The van der Waals surface area contributed by atoms with E-state index in [0.29, 0.717) is 6.54 Å². The Hall–Kier alpha value is -0.840. The quantitative estimate of drug-likeness (QED) is 0.785. The fraction of sp³-hybridized carbons (Fsp3) is 0.500. The number of hydrogen-bond donors (Lipinski definition) is 2. The number of amides is 1. The van der Waals surface area contributed by atoms with Crippen molar-refractivity contribution in [3.8, 4) is 0 Å². The minimum atomic E-state index is -0.694. The summed E-state index contributed by atoms with van der Waals surface area (Å²) in [7, 11) is 0. The second-order valence-corrected chi connectivity index (χ2v) is 5.61. The van der Waals surface area contributed by atoms with Crippen molar-refractivity contribution in [1.29, 1.82) is 0 Å². The summed E-state index contributed by atoms with van der Waals surface area (Å²) in [6.45, 7) is 4.17. The molecule has 0 spiro atoms. The van der Waals surface area contributed by atoms with E-state index in [4.69, 9.17) is 23.2 Å². The molecule has 0 fully saturated rings. The fourth-order valence-electron chi connectivity index (χ4n) is 1.84. The molecule has 0 bridgehead atoms. The highest BCUT2D eigenvalue weighted by Crippen LogP contribution is 2.26. The van der Waals surface area contributed by atoms with Crippen molar-refractivity contribution in [3.05, 3.63) is 33.6 Å². The van der Waals surface area contributed by atoms with Gasteiger partial charge >= 0.3 is 0 Å². The molecule has 3 nitrogen and oxygen atoms in total. The molecule has 0 unspecified atom stereocenters. The molecule has 1 rings (SSSR count). The number of halogens is 3. The van der Waals surface area contributed by atoms with Crippen LogP contribution in [-0.2, 0) is 0 Å². The highest BCUT2D eigenvalue weighted by Gasteiger charge is 2.26. The highest BCUT2D eigenvalue weighted by molar-refractivity contribution is 6.36. The Kier molecular flexibility index (Phi) is 6.24. The van der Waals surface area contributed by atoms with Crippen LogP contribution in [0.4, 0.5) is 4.39 Å². The van der Waals surface area contributed by atoms with E-state index in [1.165, 1.54) is 6.07 Å². The number of aliphatic hydroxyl groups excluding tert-OH is 1. The topological polar surface area (TPSA) is 49.3 Å². The van der Waals surface area contributed by atoms with E-state index in [0.717, 1.165) is 18.9 Å². The van der Waals surface area contributed by atoms with Crippen molar-refractivity contribution < 1.29 is 14.3 Å². The predicted octanol–water partition coefficient (Wildman–Crippen LogP) is 3.66. The summed E-state index contributed by atoms with van der Waals surface area (Å²) in [4.78, 5) is 12.0. The van der Waals surface area contributed by atoms with E-state index in [2.05, 4.69) is 5.32 Å². The van der Waals surface area contributed by atoms with Crippen LogP contribution >= 0.6 is 23.2 Å². The van der Waals surface area contributed by atoms with Gasteiger partial charge in [0, 0.05) is 12.0 Å². The van der Waals surface area contributed by atoms with Gasteiger partial charge in [0.15, 0.2) is 0 Å². The van der Waals surface area contributed by atoms with Gasteiger partial charge in [-0.25, -0.2) is 4.39 Å². The van der Waals surface area contributed by atoms with Crippen LogP contribution in [-0.4, -0.2) is 24.2 Å². The second-order valence-electron chi connectivity index (χ2n) is 4.79. The van der Waals surface area contributed by atoms with Gasteiger partial charge in [0.05, 0.1) is 22.2 Å². The van der Waals surface area contributed by atoms with Gasteiger partial charge in [-0.15, -0.1) is 0 Å². The van der Waals surface area contributed by atoms with Crippen molar-refractivity contribution >= 4 is 29.1 Å². The third-order valence-corrected chi connectivity index (χ3v) is 4.32. The number of carbonyl (C=O) groups excluding carboxylic acids is 1. The summed E-state index contributed by atoms with van der Waals surface area (Å²) in [5.41, 5.74) is -0.333. The zero-order chi connectivity index (χ0) is 15.3. The minimum Gasteiger partial charge on any atom is -0.396 e. The lowest BCUT2D eigenvalue weighted by atomic mass is 9.83. The molecule has 1 amide bonds. The molecule has 2 N–H and O–H groups in total. The molecule has 0 aliphatic carbocycles. The lowest BCUT2D eigenvalue weighted by Gasteiger charge is -2.29. The first-order valence-corrected chi connectivity index (χ1v) is 7.18. The average Bonchev–Trinajstić information content (AvgIpc) is 2.44. The number of benzene rings is 1. The van der Waals surface area contributed by atoms with Gasteiger partial charge in [-0.3, -0.25) is 4.79 Å². The van der Waals surface area contributed by atoms with E-state index in [9.17, 15) is 14.3 Å². The van der Waals surface area contributed by atoms with Crippen LogP contribution in [0.15, 0.2) is 12.1 Å². The van der Waals surface area contributed by atoms with Crippen molar-refractivity contribution in [2.45, 2.75) is 26.7 Å². The Morgan fingerprint density at radius 3 is 2.40 bits per heavy atom. The van der Waals surface area contributed by atoms with Crippen LogP contribution in [0.1, 0.15) is 37.0 Å². The van der Waals surface area contributed by atoms with Crippen LogP contribution in [0.2, 0.25) is 10.0 Å². The van der Waals surface area contributed by atoms with Crippen molar-refractivity contribution in [2.75, 3.05) is 13.2 Å². The maximum Gasteiger partial charge on any atom is 0.252 e. The molecule has 112 valence electrons. The third kappa shape index (κ3) is 3.84. The summed E-state index contributed by atoms with van der Waals surface area (Å²) in [6, 6.07) is 2.21. The molecule has 0 aromatic heterocycles. The van der Waals surface area contributed by atoms with Crippen molar-refractivity contribution in [2.24, 2.45) is 5.41 Å². The first-order valence-electron chi connectivity index (χ1n) is 6.42. The van der Waals surface area contributed by atoms with E-state index in [1.54, 1.807) is 0 Å². The Morgan fingerprint density at radius 1 is 1.30 bits per heavy atom. The maximum absolute atomic E-state index is 13.4. The van der Waals surface area contributed by atoms with Gasteiger partial charge in [-0.1, -0.05) is 37.0 Å². The number of aliphatic hydroxyl groups is 1. The van der Waals surface area contributed by atoms with E-state index >= 15 is 0 Å². The van der Waals surface area contributed by atoms with Gasteiger partial charge in [0.25, 0.3) is 5.91 Å². The number of nitrogens with one attached hydrogen (secondary N) is 1. The smallest absolute Gasteiger partial charge is 0.252 e. The Morgan fingerprint density at radius 2 is 1.90 bits per heavy atom. The molecule has 0 saturated heterocycles. The van der Waals surface area contributed by atoms with Crippen LogP contribution in [0.3, 0.4) is 0 Å². The van der Waals surface area contributed by atoms with Crippen LogP contribution in [0, 0.1) is 11.2 Å².